The summed E-state index contributed by atoms with van der Waals surface area (Å²) in [4.78, 5) is 0. The predicted molar refractivity (Wildman–Crippen MR) is 175 cm³/mol. The number of rotatable bonds is 31. The van der Waals surface area contributed by atoms with Gasteiger partial charge in [0, 0.05) is 0 Å². The lowest BCUT2D eigenvalue weighted by molar-refractivity contribution is -0.946. The molecule has 0 saturated heterocycles. The van der Waals surface area contributed by atoms with Crippen molar-refractivity contribution in [2.45, 2.75) is 181 Å². The fourth-order valence-corrected chi connectivity index (χ4v) is 5.88. The lowest BCUT2D eigenvalue weighted by Crippen LogP contribution is -2.51. The number of unbranched alkanes of at least 4 members (excludes halogenated alkanes) is 24. The Bertz CT molecular complexity index is 456. The summed E-state index contributed by atoms with van der Waals surface area (Å²) in [6, 6.07) is 0. The van der Waals surface area contributed by atoms with Crippen LogP contribution in [0.5, 0.6) is 0 Å². The normalized spacial score (nSPS) is 12.5. The summed E-state index contributed by atoms with van der Waals surface area (Å²) in [6.07, 6.45) is 37.8. The molecule has 0 spiro atoms. The second-order valence-electron chi connectivity index (χ2n) is 14.3. The van der Waals surface area contributed by atoms with E-state index in [1.807, 2.05) is 0 Å². The first-order chi connectivity index (χ1) is 18.3. The van der Waals surface area contributed by atoms with Crippen molar-refractivity contribution in [3.8, 4) is 0 Å². The molecule has 0 atom stereocenters. The van der Waals surface area contributed by atoms with Gasteiger partial charge in [0.2, 0.25) is 0 Å². The molecule has 2 nitrogen and oxygen atoms in total. The van der Waals surface area contributed by atoms with Crippen LogP contribution >= 0.6 is 0 Å². The van der Waals surface area contributed by atoms with Crippen LogP contribution in [0.4, 0.5) is 0 Å². The van der Waals surface area contributed by atoms with Gasteiger partial charge in [-0.3, -0.25) is 0 Å². The molecule has 0 aromatic heterocycles. The third-order valence-corrected chi connectivity index (χ3v) is 9.04. The summed E-state index contributed by atoms with van der Waals surface area (Å²) >= 11 is 0. The summed E-state index contributed by atoms with van der Waals surface area (Å²) in [6.45, 7) is 9.98. The molecule has 0 unspecified atom stereocenters. The van der Waals surface area contributed by atoms with Crippen LogP contribution in [0.15, 0.2) is 0 Å². The lowest BCUT2D eigenvalue weighted by atomic mass is 10.0. The zero-order valence-electron chi connectivity index (χ0n) is 28.1. The van der Waals surface area contributed by atoms with Gasteiger partial charge in [0.1, 0.15) is 13.1 Å². The van der Waals surface area contributed by atoms with Gasteiger partial charge >= 0.3 is 0 Å². The van der Waals surface area contributed by atoms with Gasteiger partial charge in [-0.1, -0.05) is 155 Å². The minimum absolute atomic E-state index is 1.21. The number of hydrogen-bond donors (Lipinski definition) is 0. The Morgan fingerprint density at radius 3 is 0.632 bits per heavy atom. The molecule has 0 aliphatic carbocycles. The second kappa shape index (κ2) is 27.1. The van der Waals surface area contributed by atoms with E-state index in [0.717, 1.165) is 0 Å². The van der Waals surface area contributed by atoms with Gasteiger partial charge in [-0.2, -0.15) is 0 Å². The molecular weight excluding hydrogens is 460 g/mol. The third-order valence-electron chi connectivity index (χ3n) is 9.04. The first-order valence-electron chi connectivity index (χ1n) is 18.0. The van der Waals surface area contributed by atoms with Crippen LogP contribution in [-0.2, 0) is 0 Å². The van der Waals surface area contributed by atoms with Crippen molar-refractivity contribution in [1.82, 2.24) is 0 Å². The smallest absolute Gasteiger partial charge is 0.128 e. The zero-order valence-corrected chi connectivity index (χ0v) is 28.1. The highest BCUT2D eigenvalue weighted by atomic mass is 15.4. The van der Waals surface area contributed by atoms with Crippen LogP contribution in [0.25, 0.3) is 0 Å². The topological polar surface area (TPSA) is 0 Å². The van der Waals surface area contributed by atoms with Crippen molar-refractivity contribution in [3.63, 3.8) is 0 Å². The highest BCUT2D eigenvalue weighted by Crippen LogP contribution is 2.15. The number of likely N-dealkylation sites (N-methyl/N-ethyl adjacent to an activating group) is 2. The summed E-state index contributed by atoms with van der Waals surface area (Å²) in [5, 5.41) is 0. The van der Waals surface area contributed by atoms with Gasteiger partial charge in [-0.15, -0.1) is 0 Å². The Kier molecular flexibility index (Phi) is 27.1. The first-order valence-corrected chi connectivity index (χ1v) is 18.0. The van der Waals surface area contributed by atoms with Crippen molar-refractivity contribution in [3.05, 3.63) is 0 Å². The number of hydrogen-bond acceptors (Lipinski definition) is 0. The van der Waals surface area contributed by atoms with E-state index in [9.17, 15) is 0 Å². The number of quaternary nitrogens is 2. The minimum atomic E-state index is 1.21. The van der Waals surface area contributed by atoms with Crippen LogP contribution in [-0.4, -0.2) is 63.3 Å². The van der Waals surface area contributed by atoms with Crippen LogP contribution in [0, 0.1) is 0 Å². The van der Waals surface area contributed by atoms with Crippen LogP contribution < -0.4 is 0 Å². The van der Waals surface area contributed by atoms with E-state index in [-0.39, 0.29) is 0 Å². The molecular formula is C36H78N2+2. The molecule has 0 bridgehead atoms. The molecule has 0 aromatic rings. The molecule has 0 aliphatic rings. The molecule has 0 N–H and O–H groups in total. The van der Waals surface area contributed by atoms with Crippen LogP contribution in [0.3, 0.4) is 0 Å². The Labute approximate surface area is 243 Å². The van der Waals surface area contributed by atoms with E-state index in [2.05, 4.69) is 42.0 Å². The molecule has 0 saturated carbocycles. The van der Waals surface area contributed by atoms with Gasteiger partial charge in [-0.05, 0) is 25.7 Å². The molecule has 230 valence electrons. The lowest BCUT2D eigenvalue weighted by Gasteiger charge is -2.36. The molecule has 0 aromatic carbocycles. The van der Waals surface area contributed by atoms with E-state index in [0.29, 0.717) is 0 Å². The van der Waals surface area contributed by atoms with E-state index in [1.165, 1.54) is 202 Å². The highest BCUT2D eigenvalue weighted by molar-refractivity contribution is 4.51. The van der Waals surface area contributed by atoms with Crippen molar-refractivity contribution in [2.75, 3.05) is 54.4 Å². The maximum atomic E-state index is 2.46. The molecule has 0 amide bonds. The average Bonchev–Trinajstić information content (AvgIpc) is 2.88. The maximum Gasteiger partial charge on any atom is 0.128 e. The molecule has 0 aliphatic heterocycles. The van der Waals surface area contributed by atoms with E-state index < -0.39 is 0 Å². The monoisotopic (exact) mass is 539 g/mol. The molecule has 38 heavy (non-hydrogen) atoms. The van der Waals surface area contributed by atoms with Gasteiger partial charge in [0.05, 0.1) is 41.3 Å². The van der Waals surface area contributed by atoms with Crippen molar-refractivity contribution >= 4 is 0 Å². The predicted octanol–water partition coefficient (Wildman–Crippen LogP) is 11.3. The zero-order chi connectivity index (χ0) is 28.2. The van der Waals surface area contributed by atoms with Gasteiger partial charge in [0.25, 0.3) is 0 Å². The molecule has 2 heteroatoms. The fraction of sp³-hybridized carbons (Fsp3) is 1.00. The minimum Gasteiger partial charge on any atom is -0.324 e. The van der Waals surface area contributed by atoms with Gasteiger partial charge < -0.3 is 8.97 Å². The average molecular weight is 539 g/mol. The molecule has 0 heterocycles. The molecule has 0 radical (unpaired) electrons. The standard InChI is InChI=1S/C36H78N2/c1-7-9-11-13-15-17-19-21-22-24-26-28-30-32-34-38(5,6)36-35-37(3,4)33-31-29-27-25-23-20-18-16-14-12-10-8-2/h7-36H2,1-6H3/q+2. The quantitative estimate of drug-likeness (QED) is 0.0608. The molecule has 0 fully saturated rings. The Morgan fingerprint density at radius 2 is 0.421 bits per heavy atom. The highest BCUT2D eigenvalue weighted by Gasteiger charge is 2.22. The second-order valence-corrected chi connectivity index (χ2v) is 14.3. The van der Waals surface area contributed by atoms with E-state index in [1.54, 1.807) is 0 Å². The summed E-state index contributed by atoms with van der Waals surface area (Å²) < 4.78 is 2.41. The summed E-state index contributed by atoms with van der Waals surface area (Å²) in [5.41, 5.74) is 0. The molecule has 0 rings (SSSR count). The fourth-order valence-electron chi connectivity index (χ4n) is 5.88. The summed E-state index contributed by atoms with van der Waals surface area (Å²) in [5.74, 6) is 0. The largest absolute Gasteiger partial charge is 0.324 e. The van der Waals surface area contributed by atoms with E-state index in [4.69, 9.17) is 0 Å². The Morgan fingerprint density at radius 1 is 0.237 bits per heavy atom. The number of nitrogens with zero attached hydrogens (tertiary/aromatic N) is 2. The maximum absolute atomic E-state index is 2.46. The third kappa shape index (κ3) is 28.9. The van der Waals surface area contributed by atoms with Crippen molar-refractivity contribution in [1.29, 1.82) is 0 Å². The Hall–Kier alpha value is -0.0800. The van der Waals surface area contributed by atoms with Gasteiger partial charge in [0.15, 0.2) is 0 Å². The Balaban J connectivity index is 3.55. The van der Waals surface area contributed by atoms with Gasteiger partial charge in [-0.25, -0.2) is 0 Å². The van der Waals surface area contributed by atoms with Crippen molar-refractivity contribution in [2.24, 2.45) is 0 Å². The van der Waals surface area contributed by atoms with Crippen LogP contribution in [0.2, 0.25) is 0 Å². The summed E-state index contributed by atoms with van der Waals surface area (Å²) in [7, 11) is 9.86. The first kappa shape index (κ1) is 37.9. The van der Waals surface area contributed by atoms with Crippen molar-refractivity contribution < 1.29 is 8.97 Å². The SMILES string of the molecule is CCCCCCCCCCCCCCCC[N+](C)(C)CC[N+](C)(C)CCCCCCCCCCCCCC. The van der Waals surface area contributed by atoms with Crippen LogP contribution in [0.1, 0.15) is 181 Å². The van der Waals surface area contributed by atoms with E-state index >= 15 is 0 Å².